The molecule has 358 valence electrons. The van der Waals surface area contributed by atoms with Crippen molar-refractivity contribution in [1.29, 1.82) is 0 Å². The van der Waals surface area contributed by atoms with E-state index in [4.69, 9.17) is 47.1 Å². The van der Waals surface area contributed by atoms with E-state index in [1.165, 1.54) is 29.8 Å². The van der Waals surface area contributed by atoms with Crippen molar-refractivity contribution in [1.82, 2.24) is 29.7 Å². The molecule has 0 spiro atoms. The molecule has 1 N–H and O–H groups in total. The van der Waals surface area contributed by atoms with Crippen LogP contribution in [0.1, 0.15) is 27.9 Å². The number of carbonyl (C=O) groups is 1. The smallest absolute Gasteiger partial charge is 0.345 e. The number of carboxylic acids is 1. The first-order chi connectivity index (χ1) is 33.1. The van der Waals surface area contributed by atoms with E-state index < -0.39 is 31.1 Å². The summed E-state index contributed by atoms with van der Waals surface area (Å²) in [6.07, 6.45) is 1.25. The van der Waals surface area contributed by atoms with Gasteiger partial charge in [0.1, 0.15) is 47.8 Å². The first-order valence-electron chi connectivity index (χ1n) is 22.4. The Labute approximate surface area is 413 Å². The minimum Gasteiger partial charge on any atom is -0.490 e. The summed E-state index contributed by atoms with van der Waals surface area (Å²) in [5.74, 6) is -0.0174. The fourth-order valence-electron chi connectivity index (χ4n) is 8.73. The van der Waals surface area contributed by atoms with E-state index in [-0.39, 0.29) is 35.6 Å². The van der Waals surface area contributed by atoms with Gasteiger partial charge in [-0.2, -0.15) is 0 Å². The maximum absolute atomic E-state index is 14.4. The highest BCUT2D eigenvalue weighted by Crippen LogP contribution is 2.53. The molecule has 6 heterocycles. The van der Waals surface area contributed by atoms with Crippen molar-refractivity contribution in [3.8, 4) is 56.1 Å². The van der Waals surface area contributed by atoms with Gasteiger partial charge in [0.15, 0.2) is 11.6 Å². The first-order valence-corrected chi connectivity index (χ1v) is 26.8. The Morgan fingerprint density at radius 1 is 0.928 bits per heavy atom. The van der Waals surface area contributed by atoms with Crippen LogP contribution in [0.2, 0.25) is 10.0 Å². The summed E-state index contributed by atoms with van der Waals surface area (Å²) >= 11 is 16.0. The van der Waals surface area contributed by atoms with Crippen molar-refractivity contribution in [2.24, 2.45) is 0 Å². The molecule has 0 aliphatic carbocycles. The summed E-state index contributed by atoms with van der Waals surface area (Å²) < 4.78 is 53.3. The largest absolute Gasteiger partial charge is 0.490 e. The topological polar surface area (TPSA) is 149 Å². The summed E-state index contributed by atoms with van der Waals surface area (Å²) in [5, 5.41) is 11.9. The zero-order valence-electron chi connectivity index (χ0n) is 38.7. The minimum absolute atomic E-state index is 0.0167. The van der Waals surface area contributed by atoms with Crippen LogP contribution in [0.5, 0.6) is 23.1 Å². The highest BCUT2D eigenvalue weighted by Gasteiger charge is 2.32. The summed E-state index contributed by atoms with van der Waals surface area (Å²) in [4.78, 5) is 37.7. The monoisotopic (exact) mass is 1010 g/mol. The van der Waals surface area contributed by atoms with Gasteiger partial charge in [0.25, 0.3) is 0 Å². The molecule has 0 radical (unpaired) electrons. The number of piperazine rings is 1. The zero-order chi connectivity index (χ0) is 48.6. The van der Waals surface area contributed by atoms with Crippen LogP contribution in [0, 0.1) is 19.7 Å². The molecular weight excluding hydrogens is 962 g/mol. The summed E-state index contributed by atoms with van der Waals surface area (Å²) in [7, 11) is -0.215. The van der Waals surface area contributed by atoms with Crippen LogP contribution in [0.15, 0.2) is 85.3 Å². The van der Waals surface area contributed by atoms with Crippen molar-refractivity contribution in [2.45, 2.75) is 45.2 Å². The van der Waals surface area contributed by atoms with E-state index in [0.29, 0.717) is 89.9 Å². The number of benzene rings is 4. The quantitative estimate of drug-likeness (QED) is 0.130. The molecule has 18 heteroatoms. The van der Waals surface area contributed by atoms with Gasteiger partial charge in [0.05, 0.1) is 28.3 Å². The van der Waals surface area contributed by atoms with E-state index in [9.17, 15) is 18.9 Å². The maximum atomic E-state index is 14.4. The lowest BCUT2D eigenvalue weighted by atomic mass is 9.92. The number of hydrogen-bond acceptors (Lipinski definition) is 13. The van der Waals surface area contributed by atoms with Gasteiger partial charge in [0, 0.05) is 73.1 Å². The third-order valence-electron chi connectivity index (χ3n) is 12.2. The molecule has 7 aromatic rings. The first kappa shape index (κ1) is 48.4. The van der Waals surface area contributed by atoms with Crippen LogP contribution < -0.4 is 18.9 Å². The van der Waals surface area contributed by atoms with Crippen molar-refractivity contribution in [3.05, 3.63) is 129 Å². The van der Waals surface area contributed by atoms with E-state index in [0.717, 1.165) is 37.3 Å². The highest BCUT2D eigenvalue weighted by atomic mass is 35.5. The van der Waals surface area contributed by atoms with Crippen molar-refractivity contribution in [3.63, 3.8) is 0 Å². The van der Waals surface area contributed by atoms with Crippen molar-refractivity contribution in [2.75, 3.05) is 59.7 Å². The number of rotatable bonds is 10. The Morgan fingerprint density at radius 3 is 2.41 bits per heavy atom. The lowest BCUT2D eigenvalue weighted by Crippen LogP contribution is -2.49. The number of fused-ring (bicyclic) bond motifs is 7. The van der Waals surface area contributed by atoms with Gasteiger partial charge in [-0.15, -0.1) is 11.3 Å². The van der Waals surface area contributed by atoms with Gasteiger partial charge in [-0.25, -0.2) is 29.1 Å². The second kappa shape index (κ2) is 20.4. The van der Waals surface area contributed by atoms with Crippen LogP contribution in [-0.2, 0) is 28.5 Å². The third-order valence-corrected chi connectivity index (χ3v) is 15.4. The standard InChI is InChI=1S/C51H50Cl2FN6O7PS/c1-29-41-30(2)45(53)46(44(29)52)66-38(24-60-19-17-59(3)18-20-60)26-64-37-13-14-39(65-25-36-15-16-55-48(58-36)33-8-6-7-31(21-33)27-68(4,5)63)34(22-37)23-40(51(61)62)67-49-43-42(41)47(69-50(43)57-28-56-49)32-9-11-35(54)12-10-32/h6-16,21-22,28,38,40H,17-20,23-27H2,1-5H3,(H,61,62)/t38-,40-/m1/s1. The molecule has 0 amide bonds. The van der Waals surface area contributed by atoms with E-state index in [1.807, 2.05) is 38.1 Å². The SMILES string of the molecule is Cc1c(Cl)c2c(Cl)c(C)c1-c1c(-c3ccc(F)cc3)sc3ncnc(c13)O[C@@H](C(=O)O)Cc1cc(ccc1OCc1ccnc(-c3cccc(CP(C)(C)=O)c3)n1)OC[C@@H](CN1CCN(C)CC1)O2. The lowest BCUT2D eigenvalue weighted by molar-refractivity contribution is -0.145. The molecule has 0 unspecified atom stereocenters. The zero-order valence-corrected chi connectivity index (χ0v) is 41.9. The molecule has 69 heavy (non-hydrogen) atoms. The predicted octanol–water partition coefficient (Wildman–Crippen LogP) is 10.7. The van der Waals surface area contributed by atoms with Gasteiger partial charge >= 0.3 is 5.97 Å². The average Bonchev–Trinajstić information content (AvgIpc) is 3.71. The van der Waals surface area contributed by atoms with Crippen LogP contribution in [-0.4, -0.2) is 113 Å². The molecule has 4 aromatic carbocycles. The molecule has 2 atom stereocenters. The average molecular weight is 1010 g/mol. The molecule has 3 aliphatic rings. The number of nitrogens with zero attached hydrogens (tertiary/aromatic N) is 6. The molecule has 10 rings (SSSR count). The van der Waals surface area contributed by atoms with Crippen LogP contribution in [0.3, 0.4) is 0 Å². The van der Waals surface area contributed by atoms with Crippen LogP contribution in [0.25, 0.3) is 43.2 Å². The lowest BCUT2D eigenvalue weighted by Gasteiger charge is -2.35. The molecular formula is C51H50Cl2FN6O7PS. The Morgan fingerprint density at radius 2 is 1.68 bits per heavy atom. The van der Waals surface area contributed by atoms with E-state index in [2.05, 4.69) is 31.8 Å². The number of aromatic nitrogens is 4. The Bertz CT molecular complexity index is 3080. The molecule has 4 bridgehead atoms. The molecule has 3 aromatic heterocycles. The number of carboxylic acid groups (broad SMARTS) is 1. The number of aliphatic carboxylic acids is 1. The minimum atomic E-state index is -2.31. The molecule has 1 saturated heterocycles. The summed E-state index contributed by atoms with van der Waals surface area (Å²) in [6.45, 7) is 11.3. The molecule has 13 nitrogen and oxygen atoms in total. The number of hydrogen-bond donors (Lipinski definition) is 1. The predicted molar refractivity (Wildman–Crippen MR) is 269 cm³/mol. The van der Waals surface area contributed by atoms with Gasteiger partial charge in [0.2, 0.25) is 12.0 Å². The van der Waals surface area contributed by atoms with Gasteiger partial charge in [-0.3, -0.25) is 4.90 Å². The second-order valence-corrected chi connectivity index (χ2v) is 23.1. The van der Waals surface area contributed by atoms with Gasteiger partial charge in [-0.1, -0.05) is 53.5 Å². The van der Waals surface area contributed by atoms with Crippen molar-refractivity contribution >= 4 is 57.9 Å². The molecule has 3 aliphatic heterocycles. The highest BCUT2D eigenvalue weighted by molar-refractivity contribution is 7.61. The van der Waals surface area contributed by atoms with Crippen molar-refractivity contribution < 1.29 is 37.8 Å². The number of likely N-dealkylation sites (N-methyl/N-ethyl adjacent to an activating group) is 1. The number of halogens is 3. The fraction of sp³-hybridized carbons (Fsp3) is 0.314. The van der Waals surface area contributed by atoms with E-state index >= 15 is 0 Å². The number of ether oxygens (including phenoxy) is 4. The Hall–Kier alpha value is -5.67. The fourth-order valence-corrected chi connectivity index (χ4v) is 11.5. The maximum Gasteiger partial charge on any atom is 0.345 e. The van der Waals surface area contributed by atoms with Gasteiger partial charge in [-0.05, 0) is 105 Å². The van der Waals surface area contributed by atoms with Gasteiger partial charge < -0.3 is 33.5 Å². The summed E-state index contributed by atoms with van der Waals surface area (Å²) in [6, 6.07) is 20.8. The summed E-state index contributed by atoms with van der Waals surface area (Å²) in [5.41, 5.74) is 6.00. The normalized spacial score (nSPS) is 16.9. The third kappa shape index (κ3) is 10.9. The Kier molecular flexibility index (Phi) is 14.3. The second-order valence-electron chi connectivity index (χ2n) is 17.9. The molecule has 0 saturated carbocycles. The van der Waals surface area contributed by atoms with E-state index in [1.54, 1.807) is 55.9 Å². The van der Waals surface area contributed by atoms with Crippen LogP contribution >= 0.6 is 41.7 Å². The number of thiophene rings is 1. The molecule has 1 fully saturated rings. The van der Waals surface area contributed by atoms with Crippen LogP contribution in [0.4, 0.5) is 4.39 Å². The Balaban J connectivity index is 1.14.